The quantitative estimate of drug-likeness (QED) is 0.206. The van der Waals surface area contributed by atoms with Gasteiger partial charge in [-0.3, -0.25) is 4.79 Å². The number of hydrogen-bond acceptors (Lipinski definition) is 7. The monoisotopic (exact) mass is 543 g/mol. The van der Waals surface area contributed by atoms with E-state index in [0.29, 0.717) is 11.6 Å². The van der Waals surface area contributed by atoms with Gasteiger partial charge in [-0.1, -0.05) is 6.58 Å². The molecule has 3 aromatic rings. The van der Waals surface area contributed by atoms with Gasteiger partial charge in [-0.15, -0.1) is 0 Å². The molecule has 1 amide bonds. The molecule has 4 rings (SSSR count). The highest BCUT2D eigenvalue weighted by Gasteiger charge is 2.34. The molecule has 1 aromatic heterocycles. The largest absolute Gasteiger partial charge is 0.496 e. The van der Waals surface area contributed by atoms with Crippen molar-refractivity contribution >= 4 is 34.8 Å². The van der Waals surface area contributed by atoms with E-state index in [1.165, 1.54) is 24.5 Å². The number of nitrogens with zero attached hydrogens (tertiary/aromatic N) is 4. The summed E-state index contributed by atoms with van der Waals surface area (Å²) in [7, 11) is 1.11. The lowest BCUT2D eigenvalue weighted by molar-refractivity contribution is -0.138. The number of hydrogen-bond donors (Lipinski definition) is 3. The predicted octanol–water partition coefficient (Wildman–Crippen LogP) is 5.09. The van der Waals surface area contributed by atoms with E-state index in [1.54, 1.807) is 0 Å². The highest BCUT2D eigenvalue weighted by molar-refractivity contribution is 6.06. The van der Waals surface area contributed by atoms with Crippen LogP contribution in [0.2, 0.25) is 0 Å². The van der Waals surface area contributed by atoms with Crippen LogP contribution in [0, 0.1) is 5.82 Å². The number of carbonyl (C=O) groups excluding carboxylic acids is 1. The summed E-state index contributed by atoms with van der Waals surface area (Å²) in [4.78, 5) is 27.8. The molecule has 2 aromatic carbocycles. The van der Waals surface area contributed by atoms with Crippen LogP contribution < -0.4 is 26.0 Å². The average molecular weight is 544 g/mol. The van der Waals surface area contributed by atoms with Crippen molar-refractivity contribution in [2.24, 2.45) is 10.7 Å². The third-order valence-corrected chi connectivity index (χ3v) is 5.88. The Hall–Kier alpha value is -4.68. The van der Waals surface area contributed by atoms with Gasteiger partial charge in [0.1, 0.15) is 22.9 Å². The van der Waals surface area contributed by atoms with E-state index < -0.39 is 29.2 Å². The zero-order valence-electron chi connectivity index (χ0n) is 20.8. The van der Waals surface area contributed by atoms with E-state index in [2.05, 4.69) is 32.2 Å². The maximum Gasteiger partial charge on any atom is 0.420 e. The molecule has 0 saturated carbocycles. The Bertz CT molecular complexity index is 1420. The van der Waals surface area contributed by atoms with Crippen molar-refractivity contribution in [1.82, 2.24) is 9.97 Å². The number of ether oxygens (including phenoxy) is 1. The average Bonchev–Trinajstić information content (AvgIpc) is 3.45. The van der Waals surface area contributed by atoms with Crippen molar-refractivity contribution in [2.75, 3.05) is 35.7 Å². The van der Waals surface area contributed by atoms with Crippen LogP contribution in [0.15, 0.2) is 60.4 Å². The van der Waals surface area contributed by atoms with Crippen molar-refractivity contribution in [3.05, 3.63) is 78.0 Å². The van der Waals surface area contributed by atoms with Gasteiger partial charge in [-0.2, -0.15) is 13.2 Å². The second-order valence-electron chi connectivity index (χ2n) is 8.51. The number of aromatic nitrogens is 2. The van der Waals surface area contributed by atoms with Crippen LogP contribution in [0.1, 0.15) is 34.5 Å². The first-order chi connectivity index (χ1) is 18.6. The number of anilines is 3. The molecule has 0 radical (unpaired) electrons. The lowest BCUT2D eigenvalue weighted by Crippen LogP contribution is -2.24. The third kappa shape index (κ3) is 6.25. The minimum absolute atomic E-state index is 0.0581. The first-order valence-electron chi connectivity index (χ1n) is 11.8. The summed E-state index contributed by atoms with van der Waals surface area (Å²) in [6, 6.07) is 6.41. The Morgan fingerprint density at radius 1 is 1.21 bits per heavy atom. The van der Waals surface area contributed by atoms with Crippen LogP contribution in [-0.2, 0) is 6.18 Å². The third-order valence-electron chi connectivity index (χ3n) is 5.88. The number of halogens is 4. The molecule has 204 valence electrons. The molecular weight excluding hydrogens is 518 g/mol. The number of benzene rings is 2. The zero-order valence-corrected chi connectivity index (χ0v) is 20.8. The predicted molar refractivity (Wildman–Crippen MR) is 140 cm³/mol. The summed E-state index contributed by atoms with van der Waals surface area (Å²) in [6.45, 7) is 5.19. The number of nitrogens with one attached hydrogen (secondary N) is 2. The van der Waals surface area contributed by atoms with Gasteiger partial charge < -0.3 is 26.0 Å². The Balaban J connectivity index is 1.63. The van der Waals surface area contributed by atoms with Crippen LogP contribution in [0.3, 0.4) is 0 Å². The summed E-state index contributed by atoms with van der Waals surface area (Å²) < 4.78 is 59.5. The highest BCUT2D eigenvalue weighted by Crippen LogP contribution is 2.38. The SMILES string of the molecule is C=CNc1cnc(N2CCCC2)nc1C(N)=Nc1cc(C(=O)Nc2ccc(OC)c(C(F)(F)F)c2)ccc1F. The van der Waals surface area contributed by atoms with E-state index >= 15 is 0 Å². The number of amides is 1. The zero-order chi connectivity index (χ0) is 28.2. The maximum absolute atomic E-state index is 14.7. The summed E-state index contributed by atoms with van der Waals surface area (Å²) >= 11 is 0. The Kier molecular flexibility index (Phi) is 7.98. The maximum atomic E-state index is 14.7. The second kappa shape index (κ2) is 11.4. The number of alkyl halides is 3. The molecular formula is C26H25F4N7O2. The lowest BCUT2D eigenvalue weighted by atomic mass is 10.1. The van der Waals surface area contributed by atoms with Gasteiger partial charge in [-0.25, -0.2) is 19.4 Å². The van der Waals surface area contributed by atoms with Crippen molar-refractivity contribution < 1.29 is 27.1 Å². The van der Waals surface area contributed by atoms with E-state index in [9.17, 15) is 22.4 Å². The van der Waals surface area contributed by atoms with Crippen LogP contribution in [-0.4, -0.2) is 41.9 Å². The van der Waals surface area contributed by atoms with Crippen molar-refractivity contribution in [3.63, 3.8) is 0 Å². The molecule has 4 N–H and O–H groups in total. The molecule has 0 spiro atoms. The summed E-state index contributed by atoms with van der Waals surface area (Å²) in [5.74, 6) is -1.65. The summed E-state index contributed by atoms with van der Waals surface area (Å²) in [5.41, 5.74) is 5.30. The van der Waals surface area contributed by atoms with Gasteiger partial charge in [0.25, 0.3) is 5.91 Å². The molecule has 0 unspecified atom stereocenters. The van der Waals surface area contributed by atoms with Gasteiger partial charge >= 0.3 is 6.18 Å². The topological polar surface area (TPSA) is 118 Å². The number of methoxy groups -OCH3 is 1. The van der Waals surface area contributed by atoms with Crippen molar-refractivity contribution in [2.45, 2.75) is 19.0 Å². The van der Waals surface area contributed by atoms with Gasteiger partial charge in [0.15, 0.2) is 5.84 Å². The number of nitrogens with two attached hydrogens (primary N) is 1. The molecule has 0 bridgehead atoms. The minimum Gasteiger partial charge on any atom is -0.496 e. The second-order valence-corrected chi connectivity index (χ2v) is 8.51. The Morgan fingerprint density at radius 2 is 1.95 bits per heavy atom. The van der Waals surface area contributed by atoms with E-state index in [1.807, 2.05) is 4.90 Å². The molecule has 1 fully saturated rings. The Morgan fingerprint density at radius 3 is 2.62 bits per heavy atom. The smallest absolute Gasteiger partial charge is 0.420 e. The van der Waals surface area contributed by atoms with E-state index in [4.69, 9.17) is 10.5 Å². The van der Waals surface area contributed by atoms with Crippen LogP contribution in [0.5, 0.6) is 5.75 Å². The molecule has 1 aliphatic rings. The van der Waals surface area contributed by atoms with Crippen LogP contribution in [0.25, 0.3) is 0 Å². The molecule has 9 nitrogen and oxygen atoms in total. The lowest BCUT2D eigenvalue weighted by Gasteiger charge is -2.17. The molecule has 0 aliphatic carbocycles. The fourth-order valence-electron chi connectivity index (χ4n) is 3.99. The number of aliphatic imine (C=N–C) groups is 1. The summed E-state index contributed by atoms with van der Waals surface area (Å²) in [5, 5.41) is 5.24. The molecule has 0 atom stereocenters. The number of rotatable bonds is 8. The van der Waals surface area contributed by atoms with Crippen molar-refractivity contribution in [1.29, 1.82) is 0 Å². The highest BCUT2D eigenvalue weighted by atomic mass is 19.4. The normalized spacial score (nSPS) is 13.8. The molecule has 13 heteroatoms. The van der Waals surface area contributed by atoms with Crippen molar-refractivity contribution in [3.8, 4) is 5.75 Å². The van der Waals surface area contributed by atoms with Gasteiger partial charge in [0.05, 0.1) is 24.6 Å². The fraction of sp³-hybridized carbons (Fsp3) is 0.231. The molecule has 2 heterocycles. The Labute approximate surface area is 221 Å². The molecule has 1 saturated heterocycles. The van der Waals surface area contributed by atoms with Crippen LogP contribution >= 0.6 is 0 Å². The van der Waals surface area contributed by atoms with Gasteiger partial charge in [0, 0.05) is 24.3 Å². The standard InChI is InChI=1S/C26H25F4N7O2/c1-3-32-20-14-33-25(37-10-4-5-11-37)36-22(20)23(31)35-19-12-15(6-8-18(19)27)24(38)34-16-7-9-21(39-2)17(13-16)26(28,29)30/h3,6-9,12-14,32H,1,4-5,10-11H2,2H3,(H2,31,35)(H,34,38). The minimum atomic E-state index is -4.70. The molecule has 1 aliphatic heterocycles. The molecule has 39 heavy (non-hydrogen) atoms. The van der Waals surface area contributed by atoms with Gasteiger partial charge in [-0.05, 0) is 55.4 Å². The number of carbonyl (C=O) groups is 1. The van der Waals surface area contributed by atoms with E-state index in [-0.39, 0.29) is 28.5 Å². The van der Waals surface area contributed by atoms with Crippen LogP contribution in [0.4, 0.5) is 40.6 Å². The fourth-order valence-corrected chi connectivity index (χ4v) is 3.99. The first-order valence-corrected chi connectivity index (χ1v) is 11.8. The van der Waals surface area contributed by atoms with E-state index in [0.717, 1.165) is 57.3 Å². The number of amidine groups is 1. The summed E-state index contributed by atoms with van der Waals surface area (Å²) in [6.07, 6.45) is 0.229. The van der Waals surface area contributed by atoms with Gasteiger partial charge in [0.2, 0.25) is 5.95 Å². The first kappa shape index (κ1) is 27.4.